The number of thiophene rings is 1. The van der Waals surface area contributed by atoms with Gasteiger partial charge in [-0.05, 0) is 51.8 Å². The van der Waals surface area contributed by atoms with Crippen molar-refractivity contribution in [1.82, 2.24) is 23.6 Å². The second kappa shape index (κ2) is 6.64. The van der Waals surface area contributed by atoms with Gasteiger partial charge >= 0.3 is 11.7 Å². The van der Waals surface area contributed by atoms with Gasteiger partial charge in [0, 0.05) is 11.3 Å². The number of aromatic nitrogens is 5. The molecule has 1 aliphatic rings. The Kier molecular flexibility index (Phi) is 4.01. The van der Waals surface area contributed by atoms with Crippen molar-refractivity contribution >= 4 is 29.0 Å². The number of hydrogen-bond acceptors (Lipinski definition) is 8. The molecular weight excluding hydrogens is 444 g/mol. The lowest BCUT2D eigenvalue weighted by atomic mass is 10.2. The lowest BCUT2D eigenvalue weighted by Gasteiger charge is -2.18. The van der Waals surface area contributed by atoms with Crippen LogP contribution in [-0.2, 0) is 4.74 Å². The van der Waals surface area contributed by atoms with Crippen LogP contribution in [0.3, 0.4) is 0 Å². The molecule has 0 aromatic carbocycles. The molecule has 11 heteroatoms. The van der Waals surface area contributed by atoms with Gasteiger partial charge in [-0.1, -0.05) is 0 Å². The van der Waals surface area contributed by atoms with Gasteiger partial charge in [0.25, 0.3) is 0 Å². The first-order valence-electron chi connectivity index (χ1n) is 10.5. The second-order valence-corrected chi connectivity index (χ2v) is 10.2. The van der Waals surface area contributed by atoms with E-state index in [2.05, 4.69) is 5.10 Å². The first-order valence-corrected chi connectivity index (χ1v) is 11.4. The van der Waals surface area contributed by atoms with Gasteiger partial charge in [0.15, 0.2) is 11.1 Å². The molecule has 0 saturated heterocycles. The fourth-order valence-electron chi connectivity index (χ4n) is 3.55. The summed E-state index contributed by atoms with van der Waals surface area (Å²) in [5.74, 6) is -0.458. The number of nitrogens with zero attached hydrogens (tertiary/aromatic N) is 6. The summed E-state index contributed by atoms with van der Waals surface area (Å²) >= 11 is 1.30. The number of esters is 1. The molecular formula is C22H20N6O4S. The lowest BCUT2D eigenvalue weighted by Crippen LogP contribution is -2.23. The van der Waals surface area contributed by atoms with Gasteiger partial charge in [0.2, 0.25) is 5.88 Å². The Balaban J connectivity index is 1.48. The number of carbonyl (C=O) groups excluding carboxylic acids is 1. The molecule has 5 aromatic rings. The fourth-order valence-corrected chi connectivity index (χ4v) is 4.39. The highest BCUT2D eigenvalue weighted by Crippen LogP contribution is 2.28. The maximum atomic E-state index is 12.5. The Morgan fingerprint density at radius 1 is 1.30 bits per heavy atom. The van der Waals surface area contributed by atoms with Crippen molar-refractivity contribution in [2.75, 3.05) is 0 Å². The molecule has 1 fully saturated rings. The molecule has 0 atom stereocenters. The summed E-state index contributed by atoms with van der Waals surface area (Å²) in [5, 5.41) is 15.1. The third kappa shape index (κ3) is 3.35. The van der Waals surface area contributed by atoms with Crippen molar-refractivity contribution in [2.24, 2.45) is 4.99 Å². The van der Waals surface area contributed by atoms with Crippen LogP contribution in [0.5, 0.6) is 5.88 Å². The van der Waals surface area contributed by atoms with Crippen molar-refractivity contribution < 1.29 is 14.6 Å². The number of rotatable bonds is 4. The van der Waals surface area contributed by atoms with E-state index in [1.54, 1.807) is 22.9 Å². The van der Waals surface area contributed by atoms with Crippen LogP contribution in [0.25, 0.3) is 22.3 Å². The van der Waals surface area contributed by atoms with Crippen molar-refractivity contribution in [3.63, 3.8) is 0 Å². The molecule has 6 rings (SSSR count). The smallest absolute Gasteiger partial charge is 0.371 e. The third-order valence-electron chi connectivity index (χ3n) is 5.27. The van der Waals surface area contributed by atoms with Crippen LogP contribution >= 0.6 is 11.3 Å². The van der Waals surface area contributed by atoms with Gasteiger partial charge in [0.05, 0.1) is 22.8 Å². The van der Waals surface area contributed by atoms with Crippen LogP contribution in [0.2, 0.25) is 0 Å². The van der Waals surface area contributed by atoms with E-state index in [1.165, 1.54) is 20.4 Å². The summed E-state index contributed by atoms with van der Waals surface area (Å²) < 4.78 is 9.68. The van der Waals surface area contributed by atoms with Crippen LogP contribution in [0.4, 0.5) is 0 Å². The molecule has 0 unspecified atom stereocenters. The number of imidazole rings is 1. The Bertz CT molecular complexity index is 1690. The summed E-state index contributed by atoms with van der Waals surface area (Å²) in [6.07, 6.45) is 5.39. The van der Waals surface area contributed by atoms with Crippen LogP contribution < -0.4 is 16.4 Å². The summed E-state index contributed by atoms with van der Waals surface area (Å²) in [7, 11) is 0. The minimum Gasteiger partial charge on any atom is -0.492 e. The number of fused-ring (bicyclic) bond motifs is 2. The quantitative estimate of drug-likeness (QED) is 0.401. The zero-order valence-corrected chi connectivity index (χ0v) is 19.0. The highest BCUT2D eigenvalue weighted by atomic mass is 32.1. The molecule has 10 nitrogen and oxygen atoms in total. The topological polar surface area (TPSA) is 115 Å². The second-order valence-electron chi connectivity index (χ2n) is 9.12. The zero-order chi connectivity index (χ0) is 23.1. The Morgan fingerprint density at radius 2 is 2.09 bits per heavy atom. The summed E-state index contributed by atoms with van der Waals surface area (Å²) in [5.41, 5.74) is 1.45. The Morgan fingerprint density at radius 3 is 2.76 bits per heavy atom. The minimum atomic E-state index is -0.576. The van der Waals surface area contributed by atoms with E-state index in [0.29, 0.717) is 32.6 Å². The van der Waals surface area contributed by atoms with Crippen molar-refractivity contribution in [3.05, 3.63) is 56.2 Å². The molecule has 1 saturated carbocycles. The standard InChI is InChI=1S/C22H20N6O4S/c1-22(2,3)32-20(30)16-7-6-15(33-16)13-9-17(24-12-4-5-12)26-18(25-13)11(10-23-26)8-14-19(29)28-21(31)27(14)28/h6-10,12,29H,4-5H2,1-3H3. The van der Waals surface area contributed by atoms with Crippen LogP contribution in [0, 0.1) is 0 Å². The van der Waals surface area contributed by atoms with E-state index in [4.69, 9.17) is 14.7 Å². The summed E-state index contributed by atoms with van der Waals surface area (Å²) in [6.45, 7) is 5.50. The molecule has 1 N–H and O–H groups in total. The van der Waals surface area contributed by atoms with Gasteiger partial charge in [-0.25, -0.2) is 14.6 Å². The highest BCUT2D eigenvalue weighted by Gasteiger charge is 2.27. The van der Waals surface area contributed by atoms with Gasteiger partial charge in [-0.2, -0.15) is 18.6 Å². The number of carbonyl (C=O) groups is 1. The average Bonchev–Trinajstić information content (AvgIpc) is 3.52. The minimum absolute atomic E-state index is 0.0846. The van der Waals surface area contributed by atoms with Crippen LogP contribution in [0.1, 0.15) is 49.0 Å². The molecule has 0 bridgehead atoms. The number of ether oxygens (including phenoxy) is 1. The molecule has 1 aliphatic carbocycles. The van der Waals surface area contributed by atoms with Crippen LogP contribution in [-0.4, -0.2) is 46.3 Å². The molecule has 5 aromatic heterocycles. The highest BCUT2D eigenvalue weighted by molar-refractivity contribution is 7.17. The van der Waals surface area contributed by atoms with E-state index in [0.717, 1.165) is 17.7 Å². The van der Waals surface area contributed by atoms with Crippen molar-refractivity contribution in [1.29, 1.82) is 0 Å². The normalized spacial score (nSPS) is 16.1. The molecule has 0 aliphatic heterocycles. The van der Waals surface area contributed by atoms with E-state index in [9.17, 15) is 14.7 Å². The number of aromatic hydroxyl groups is 1. The molecule has 5 heterocycles. The first kappa shape index (κ1) is 19.9. The van der Waals surface area contributed by atoms with Crippen molar-refractivity contribution in [3.8, 4) is 16.5 Å². The summed E-state index contributed by atoms with van der Waals surface area (Å²) in [4.78, 5) is 34.9. The van der Waals surface area contributed by atoms with E-state index < -0.39 is 5.60 Å². The summed E-state index contributed by atoms with van der Waals surface area (Å²) in [6, 6.07) is 5.71. The van der Waals surface area contributed by atoms with Gasteiger partial charge in [0.1, 0.15) is 16.2 Å². The molecule has 0 spiro atoms. The molecule has 0 amide bonds. The predicted octanol–water partition coefficient (Wildman–Crippen LogP) is 1.32. The van der Waals surface area contributed by atoms with Gasteiger partial charge in [-0.3, -0.25) is 4.99 Å². The molecule has 0 radical (unpaired) electrons. The maximum Gasteiger partial charge on any atom is 0.371 e. The van der Waals surface area contributed by atoms with E-state index >= 15 is 0 Å². The SMILES string of the molecule is CC(C)(C)OC(=O)c1ccc(-c2cc(=NC3CC3)n3ncc(=Cc4c(O)n5c(=O)n45)c3n2)s1. The largest absolute Gasteiger partial charge is 0.492 e. The van der Waals surface area contributed by atoms with Crippen LogP contribution in [0.15, 0.2) is 34.2 Å². The predicted molar refractivity (Wildman–Crippen MR) is 120 cm³/mol. The molecule has 168 valence electrons. The maximum absolute atomic E-state index is 12.5. The van der Waals surface area contributed by atoms with Gasteiger partial charge < -0.3 is 9.84 Å². The fraction of sp³-hybridized carbons (Fsp3) is 0.318. The third-order valence-corrected chi connectivity index (χ3v) is 6.36. The molecule has 33 heavy (non-hydrogen) atoms. The van der Waals surface area contributed by atoms with Gasteiger partial charge in [-0.15, -0.1) is 11.3 Å². The number of hydrogen-bond donors (Lipinski definition) is 1. The van der Waals surface area contributed by atoms with E-state index in [-0.39, 0.29) is 23.6 Å². The Labute approximate surface area is 190 Å². The average molecular weight is 465 g/mol. The van der Waals surface area contributed by atoms with Crippen molar-refractivity contribution in [2.45, 2.75) is 45.3 Å². The van der Waals surface area contributed by atoms with E-state index in [1.807, 2.05) is 32.9 Å². The Hall–Kier alpha value is -3.73. The zero-order valence-electron chi connectivity index (χ0n) is 18.1. The lowest BCUT2D eigenvalue weighted by molar-refractivity contribution is 0.00752. The first-order chi connectivity index (χ1) is 15.7. The monoisotopic (exact) mass is 464 g/mol.